The molecule has 0 bridgehead atoms. The van der Waals surface area contributed by atoms with Gasteiger partial charge >= 0.3 is 17.9 Å². The van der Waals surface area contributed by atoms with Crippen LogP contribution >= 0.6 is 0 Å². The van der Waals surface area contributed by atoms with E-state index in [1.165, 1.54) is 103 Å². The van der Waals surface area contributed by atoms with Crippen LogP contribution in [0, 0.1) is 0 Å². The number of rotatable bonds is 49. The maximum Gasteiger partial charge on any atom is 0.306 e. The van der Waals surface area contributed by atoms with Crippen molar-refractivity contribution in [2.75, 3.05) is 13.2 Å². The van der Waals surface area contributed by atoms with Crippen LogP contribution in [-0.2, 0) is 28.6 Å². The van der Waals surface area contributed by atoms with Gasteiger partial charge in [-0.05, 0) is 96.3 Å². The number of hydrogen-bond acceptors (Lipinski definition) is 6. The normalized spacial score (nSPS) is 12.7. The summed E-state index contributed by atoms with van der Waals surface area (Å²) in [5.41, 5.74) is 0. The minimum atomic E-state index is -0.785. The van der Waals surface area contributed by atoms with Gasteiger partial charge in [0.15, 0.2) is 6.10 Å². The SMILES string of the molecule is CC/C=C\C/C=C\C/C=C\C/C=C\C/C=C\CCCCCCCC(=O)OCC(COC(=O)CCCCCCCCCC)OC(=O)CCCCCCCCCCC/C=C\C/C=C\CCCCC. The third kappa shape index (κ3) is 51.6. The predicted octanol–water partition coefficient (Wildman–Crippen LogP) is 18.4. The fourth-order valence-corrected chi connectivity index (χ4v) is 7.50. The molecular formula is C60H102O6. The molecule has 6 heteroatoms. The zero-order valence-electron chi connectivity index (χ0n) is 43.2. The number of ether oxygens (including phenoxy) is 3. The molecule has 0 saturated heterocycles. The van der Waals surface area contributed by atoms with E-state index in [0.29, 0.717) is 19.3 Å². The molecule has 0 N–H and O–H groups in total. The van der Waals surface area contributed by atoms with Gasteiger partial charge in [0.25, 0.3) is 0 Å². The lowest BCUT2D eigenvalue weighted by atomic mass is 10.1. The Morgan fingerprint density at radius 1 is 0.318 bits per heavy atom. The number of unbranched alkanes of at least 4 members (excludes halogenated alkanes) is 24. The molecule has 0 saturated carbocycles. The first-order valence-electron chi connectivity index (χ1n) is 27.6. The van der Waals surface area contributed by atoms with Crippen LogP contribution < -0.4 is 0 Å². The summed E-state index contributed by atoms with van der Waals surface area (Å²) >= 11 is 0. The molecule has 0 aliphatic heterocycles. The summed E-state index contributed by atoms with van der Waals surface area (Å²) in [5, 5.41) is 0. The molecule has 0 radical (unpaired) electrons. The van der Waals surface area contributed by atoms with Gasteiger partial charge in [0.05, 0.1) is 0 Å². The molecule has 0 fully saturated rings. The molecule has 0 aromatic rings. The van der Waals surface area contributed by atoms with Crippen molar-refractivity contribution in [1.82, 2.24) is 0 Å². The van der Waals surface area contributed by atoms with Crippen molar-refractivity contribution in [3.05, 3.63) is 85.1 Å². The third-order valence-corrected chi connectivity index (χ3v) is 11.6. The number of allylic oxidation sites excluding steroid dienone is 14. The lowest BCUT2D eigenvalue weighted by Gasteiger charge is -2.18. The Bertz CT molecular complexity index is 1290. The molecule has 0 aliphatic rings. The lowest BCUT2D eigenvalue weighted by Crippen LogP contribution is -2.30. The standard InChI is InChI=1S/C60H102O6/c1-4-7-10-13-16-19-21-23-25-27-29-30-32-33-35-37-39-41-44-47-50-53-59(62)65-56-57(55-64-58(61)52-49-46-43-18-15-12-9-6-3)66-60(63)54-51-48-45-42-40-38-36-34-31-28-26-24-22-20-17-14-11-8-5-2/h7,10,16-17,19-20,23-26,29-30,33,35,57H,4-6,8-9,11-15,18,21-22,27-28,31-32,34,36-56H2,1-3H3/b10-7-,19-16-,20-17-,25-23-,26-24-,30-29-,35-33-. The Labute approximate surface area is 407 Å². The van der Waals surface area contributed by atoms with Gasteiger partial charge in [-0.2, -0.15) is 0 Å². The van der Waals surface area contributed by atoms with Crippen LogP contribution in [0.3, 0.4) is 0 Å². The van der Waals surface area contributed by atoms with Crippen LogP contribution in [0.2, 0.25) is 0 Å². The summed E-state index contributed by atoms with van der Waals surface area (Å²) in [6, 6.07) is 0. The zero-order chi connectivity index (χ0) is 47.9. The van der Waals surface area contributed by atoms with E-state index in [2.05, 4.69) is 106 Å². The van der Waals surface area contributed by atoms with Crippen molar-refractivity contribution in [2.24, 2.45) is 0 Å². The van der Waals surface area contributed by atoms with Crippen LogP contribution in [0.5, 0.6) is 0 Å². The molecule has 6 nitrogen and oxygen atoms in total. The maximum atomic E-state index is 12.8. The Morgan fingerprint density at radius 2 is 0.591 bits per heavy atom. The van der Waals surface area contributed by atoms with Gasteiger partial charge in [0, 0.05) is 19.3 Å². The van der Waals surface area contributed by atoms with Crippen molar-refractivity contribution >= 4 is 17.9 Å². The molecule has 0 rings (SSSR count). The molecule has 1 unspecified atom stereocenters. The molecule has 1 atom stereocenters. The monoisotopic (exact) mass is 919 g/mol. The minimum absolute atomic E-state index is 0.0837. The molecule has 0 spiro atoms. The van der Waals surface area contributed by atoms with E-state index in [-0.39, 0.29) is 31.1 Å². The van der Waals surface area contributed by atoms with E-state index in [1.54, 1.807) is 0 Å². The van der Waals surface area contributed by atoms with Crippen LogP contribution in [0.4, 0.5) is 0 Å². The van der Waals surface area contributed by atoms with Gasteiger partial charge in [-0.25, -0.2) is 0 Å². The maximum absolute atomic E-state index is 12.8. The van der Waals surface area contributed by atoms with Crippen molar-refractivity contribution in [2.45, 2.75) is 264 Å². The molecule has 0 aromatic heterocycles. The Hall–Kier alpha value is -3.41. The molecule has 378 valence electrons. The number of esters is 3. The van der Waals surface area contributed by atoms with Gasteiger partial charge < -0.3 is 14.2 Å². The highest BCUT2D eigenvalue weighted by atomic mass is 16.6. The average molecular weight is 919 g/mol. The van der Waals surface area contributed by atoms with Gasteiger partial charge in [0.1, 0.15) is 13.2 Å². The average Bonchev–Trinajstić information content (AvgIpc) is 3.31. The molecule has 0 heterocycles. The quantitative estimate of drug-likeness (QED) is 0.0262. The second kappa shape index (κ2) is 54.2. The Morgan fingerprint density at radius 3 is 0.955 bits per heavy atom. The molecular weight excluding hydrogens is 817 g/mol. The summed E-state index contributed by atoms with van der Waals surface area (Å²) in [5.74, 6) is -0.909. The fourth-order valence-electron chi connectivity index (χ4n) is 7.50. The van der Waals surface area contributed by atoms with E-state index >= 15 is 0 Å². The van der Waals surface area contributed by atoms with E-state index in [9.17, 15) is 14.4 Å². The highest BCUT2D eigenvalue weighted by Crippen LogP contribution is 2.15. The van der Waals surface area contributed by atoms with E-state index < -0.39 is 6.10 Å². The van der Waals surface area contributed by atoms with Crippen molar-refractivity contribution in [3.63, 3.8) is 0 Å². The summed E-state index contributed by atoms with van der Waals surface area (Å²) in [7, 11) is 0. The van der Waals surface area contributed by atoms with Crippen LogP contribution in [0.25, 0.3) is 0 Å². The van der Waals surface area contributed by atoms with Crippen molar-refractivity contribution in [1.29, 1.82) is 0 Å². The van der Waals surface area contributed by atoms with Crippen molar-refractivity contribution < 1.29 is 28.6 Å². The summed E-state index contributed by atoms with van der Waals surface area (Å²) in [4.78, 5) is 38.0. The molecule has 0 aliphatic carbocycles. The fraction of sp³-hybridized carbons (Fsp3) is 0.717. The number of carbonyl (C=O) groups is 3. The smallest absolute Gasteiger partial charge is 0.306 e. The third-order valence-electron chi connectivity index (χ3n) is 11.6. The van der Waals surface area contributed by atoms with E-state index in [0.717, 1.165) is 116 Å². The molecule has 66 heavy (non-hydrogen) atoms. The first-order chi connectivity index (χ1) is 32.5. The highest BCUT2D eigenvalue weighted by Gasteiger charge is 2.19. The summed E-state index contributed by atoms with van der Waals surface area (Å²) in [6.07, 6.45) is 70.0. The molecule has 0 amide bonds. The largest absolute Gasteiger partial charge is 0.462 e. The van der Waals surface area contributed by atoms with E-state index in [1.807, 2.05) is 0 Å². The highest BCUT2D eigenvalue weighted by molar-refractivity contribution is 5.71. The first-order valence-corrected chi connectivity index (χ1v) is 27.6. The topological polar surface area (TPSA) is 78.9 Å². The van der Waals surface area contributed by atoms with Crippen LogP contribution in [0.15, 0.2) is 85.1 Å². The number of carbonyl (C=O) groups excluding carboxylic acids is 3. The van der Waals surface area contributed by atoms with Crippen LogP contribution in [-0.4, -0.2) is 37.2 Å². The predicted molar refractivity (Wildman–Crippen MR) is 284 cm³/mol. The van der Waals surface area contributed by atoms with Gasteiger partial charge in [-0.3, -0.25) is 14.4 Å². The number of hydrogen-bond donors (Lipinski definition) is 0. The summed E-state index contributed by atoms with van der Waals surface area (Å²) in [6.45, 7) is 6.46. The molecule has 0 aromatic carbocycles. The van der Waals surface area contributed by atoms with Crippen LogP contribution in [0.1, 0.15) is 258 Å². The van der Waals surface area contributed by atoms with Gasteiger partial charge in [-0.15, -0.1) is 0 Å². The van der Waals surface area contributed by atoms with Gasteiger partial charge in [-0.1, -0.05) is 228 Å². The second-order valence-electron chi connectivity index (χ2n) is 18.1. The summed E-state index contributed by atoms with van der Waals surface area (Å²) < 4.78 is 16.8. The van der Waals surface area contributed by atoms with Crippen molar-refractivity contribution in [3.8, 4) is 0 Å². The lowest BCUT2D eigenvalue weighted by molar-refractivity contribution is -0.167. The van der Waals surface area contributed by atoms with Gasteiger partial charge in [0.2, 0.25) is 0 Å². The Kier molecular flexibility index (Phi) is 51.4. The van der Waals surface area contributed by atoms with E-state index in [4.69, 9.17) is 14.2 Å². The zero-order valence-corrected chi connectivity index (χ0v) is 43.2. The first kappa shape index (κ1) is 62.6. The second-order valence-corrected chi connectivity index (χ2v) is 18.1. The Balaban J connectivity index is 4.31. The minimum Gasteiger partial charge on any atom is -0.462 e.